The SMILES string of the molecule is CC1(C)CC2(CC(C)(C)N1O)OC1(CCC1)NC2=O. The lowest BCUT2D eigenvalue weighted by Gasteiger charge is -2.54. The van der Waals surface area contributed by atoms with Crippen LogP contribution in [0.2, 0.25) is 0 Å². The molecule has 0 radical (unpaired) electrons. The topological polar surface area (TPSA) is 61.8 Å². The van der Waals surface area contributed by atoms with Crippen LogP contribution in [0, 0.1) is 0 Å². The summed E-state index contributed by atoms with van der Waals surface area (Å²) >= 11 is 0. The molecule has 0 aromatic carbocycles. The molecule has 0 aromatic rings. The van der Waals surface area contributed by atoms with Crippen molar-refractivity contribution in [1.29, 1.82) is 0 Å². The molecule has 19 heavy (non-hydrogen) atoms. The summed E-state index contributed by atoms with van der Waals surface area (Å²) in [6.45, 7) is 7.83. The van der Waals surface area contributed by atoms with Crippen LogP contribution >= 0.6 is 0 Å². The Morgan fingerprint density at radius 3 is 2.05 bits per heavy atom. The van der Waals surface area contributed by atoms with Crippen molar-refractivity contribution in [3.05, 3.63) is 0 Å². The third-order valence-electron chi connectivity index (χ3n) is 4.89. The second-order valence-corrected chi connectivity index (χ2v) is 7.69. The van der Waals surface area contributed by atoms with Gasteiger partial charge in [0.25, 0.3) is 5.91 Å². The van der Waals surface area contributed by atoms with Crippen molar-refractivity contribution >= 4 is 5.91 Å². The third kappa shape index (κ3) is 1.75. The molecule has 0 bridgehead atoms. The molecule has 3 fully saturated rings. The van der Waals surface area contributed by atoms with Gasteiger partial charge in [-0.25, -0.2) is 0 Å². The van der Waals surface area contributed by atoms with Gasteiger partial charge in [0.15, 0.2) is 5.60 Å². The van der Waals surface area contributed by atoms with Crippen molar-refractivity contribution in [3.63, 3.8) is 0 Å². The van der Waals surface area contributed by atoms with E-state index in [4.69, 9.17) is 4.74 Å². The van der Waals surface area contributed by atoms with Gasteiger partial charge in [-0.05, 0) is 47.0 Å². The van der Waals surface area contributed by atoms with Crippen LogP contribution in [0.4, 0.5) is 0 Å². The predicted octanol–water partition coefficient (Wildman–Crippen LogP) is 1.79. The molecule has 5 nitrogen and oxygen atoms in total. The Bertz CT molecular complexity index is 408. The maximum absolute atomic E-state index is 12.5. The Kier molecular flexibility index (Phi) is 2.46. The lowest BCUT2D eigenvalue weighted by molar-refractivity contribution is -0.285. The van der Waals surface area contributed by atoms with E-state index in [2.05, 4.69) is 5.32 Å². The van der Waals surface area contributed by atoms with Gasteiger partial charge in [-0.2, -0.15) is 5.06 Å². The van der Waals surface area contributed by atoms with Crippen molar-refractivity contribution in [2.45, 2.75) is 82.2 Å². The molecule has 0 aromatic heterocycles. The largest absolute Gasteiger partial charge is 0.339 e. The number of rotatable bonds is 0. The molecule has 1 saturated carbocycles. The highest BCUT2D eigenvalue weighted by Crippen LogP contribution is 2.51. The van der Waals surface area contributed by atoms with Gasteiger partial charge in [-0.1, -0.05) is 0 Å². The molecule has 0 unspecified atom stereocenters. The van der Waals surface area contributed by atoms with Gasteiger partial charge < -0.3 is 15.3 Å². The van der Waals surface area contributed by atoms with Crippen LogP contribution < -0.4 is 5.32 Å². The molecule has 5 heteroatoms. The average Bonchev–Trinajstić information content (AvgIpc) is 2.48. The maximum Gasteiger partial charge on any atom is 0.254 e. The molecule has 2 spiro atoms. The summed E-state index contributed by atoms with van der Waals surface area (Å²) in [5, 5.41) is 14.8. The van der Waals surface area contributed by atoms with Crippen molar-refractivity contribution < 1.29 is 14.7 Å². The van der Waals surface area contributed by atoms with Crippen LogP contribution in [0.5, 0.6) is 0 Å². The fourth-order valence-corrected chi connectivity index (χ4v) is 4.15. The molecule has 2 saturated heterocycles. The first-order valence-electron chi connectivity index (χ1n) is 7.13. The van der Waals surface area contributed by atoms with Gasteiger partial charge in [-0.15, -0.1) is 0 Å². The second kappa shape index (κ2) is 3.51. The zero-order chi connectivity index (χ0) is 14.1. The first-order valence-corrected chi connectivity index (χ1v) is 7.13. The molecule has 3 aliphatic rings. The third-order valence-corrected chi connectivity index (χ3v) is 4.89. The van der Waals surface area contributed by atoms with Crippen molar-refractivity contribution in [1.82, 2.24) is 10.4 Å². The molecule has 2 heterocycles. The van der Waals surface area contributed by atoms with Crippen molar-refractivity contribution in [3.8, 4) is 0 Å². The Morgan fingerprint density at radius 2 is 1.68 bits per heavy atom. The van der Waals surface area contributed by atoms with Crippen LogP contribution in [0.25, 0.3) is 0 Å². The summed E-state index contributed by atoms with van der Waals surface area (Å²) in [6.07, 6.45) is 3.96. The molecule has 2 N–H and O–H groups in total. The zero-order valence-corrected chi connectivity index (χ0v) is 12.2. The highest BCUT2D eigenvalue weighted by atomic mass is 16.6. The van der Waals surface area contributed by atoms with Crippen LogP contribution in [-0.2, 0) is 9.53 Å². The number of hydrogen-bond donors (Lipinski definition) is 2. The average molecular weight is 268 g/mol. The highest BCUT2D eigenvalue weighted by Gasteiger charge is 2.64. The number of hydrogen-bond acceptors (Lipinski definition) is 4. The zero-order valence-electron chi connectivity index (χ0n) is 12.2. The number of nitrogens with zero attached hydrogens (tertiary/aromatic N) is 1. The molecular formula is C14H24N2O3. The van der Waals surface area contributed by atoms with E-state index < -0.39 is 22.4 Å². The summed E-state index contributed by atoms with van der Waals surface area (Å²) in [7, 11) is 0. The summed E-state index contributed by atoms with van der Waals surface area (Å²) in [5.41, 5.74) is -2.16. The summed E-state index contributed by atoms with van der Waals surface area (Å²) in [4.78, 5) is 12.5. The Balaban J connectivity index is 1.94. The lowest BCUT2D eigenvalue weighted by atomic mass is 9.72. The Hall–Kier alpha value is -0.650. The van der Waals surface area contributed by atoms with E-state index in [0.29, 0.717) is 12.8 Å². The first kappa shape index (κ1) is 13.3. The lowest BCUT2D eigenvalue weighted by Crippen LogP contribution is -2.66. The number of carbonyl (C=O) groups is 1. The minimum Gasteiger partial charge on any atom is -0.339 e. The Morgan fingerprint density at radius 1 is 1.16 bits per heavy atom. The van der Waals surface area contributed by atoms with Gasteiger partial charge in [0.1, 0.15) is 5.72 Å². The molecule has 108 valence electrons. The summed E-state index contributed by atoms with van der Waals surface area (Å²) in [5.74, 6) is 0.00134. The molecule has 1 amide bonds. The number of ether oxygens (including phenoxy) is 1. The summed E-state index contributed by atoms with van der Waals surface area (Å²) < 4.78 is 6.25. The quantitative estimate of drug-likeness (QED) is 0.703. The first-order chi connectivity index (χ1) is 8.61. The van der Waals surface area contributed by atoms with Crippen LogP contribution in [0.3, 0.4) is 0 Å². The summed E-state index contributed by atoms with van der Waals surface area (Å²) in [6, 6.07) is 0. The van der Waals surface area contributed by atoms with E-state index in [1.54, 1.807) is 0 Å². The van der Waals surface area contributed by atoms with Crippen molar-refractivity contribution in [2.75, 3.05) is 0 Å². The van der Waals surface area contributed by atoms with Gasteiger partial charge >= 0.3 is 0 Å². The van der Waals surface area contributed by atoms with Gasteiger partial charge in [-0.3, -0.25) is 4.79 Å². The van der Waals surface area contributed by atoms with E-state index in [0.717, 1.165) is 19.3 Å². The number of carbonyl (C=O) groups excluding carboxylic acids is 1. The Labute approximate surface area is 114 Å². The van der Waals surface area contributed by atoms with E-state index in [9.17, 15) is 10.0 Å². The number of piperidine rings is 1. The molecule has 3 rings (SSSR count). The molecular weight excluding hydrogens is 244 g/mol. The normalized spacial score (nSPS) is 34.3. The predicted molar refractivity (Wildman–Crippen MR) is 69.6 cm³/mol. The standard InChI is InChI=1S/C14H24N2O3/c1-11(2)8-13(9-12(3,4)16(11)18)10(17)15-14(19-13)6-5-7-14/h18H,5-9H2,1-4H3,(H,15,17). The van der Waals surface area contributed by atoms with Crippen LogP contribution in [-0.4, -0.2) is 38.6 Å². The minimum absolute atomic E-state index is 0.00134. The van der Waals surface area contributed by atoms with Crippen molar-refractivity contribution in [2.24, 2.45) is 0 Å². The number of amides is 1. The van der Waals surface area contributed by atoms with Gasteiger partial charge in [0.2, 0.25) is 0 Å². The highest BCUT2D eigenvalue weighted by molar-refractivity contribution is 5.88. The van der Waals surface area contributed by atoms with E-state index in [-0.39, 0.29) is 5.91 Å². The van der Waals surface area contributed by atoms with Crippen LogP contribution in [0.1, 0.15) is 59.8 Å². The monoisotopic (exact) mass is 268 g/mol. The fraction of sp³-hybridized carbons (Fsp3) is 0.929. The fourth-order valence-electron chi connectivity index (χ4n) is 4.15. The smallest absolute Gasteiger partial charge is 0.254 e. The van der Waals surface area contributed by atoms with E-state index in [1.165, 1.54) is 5.06 Å². The van der Waals surface area contributed by atoms with E-state index >= 15 is 0 Å². The van der Waals surface area contributed by atoms with Gasteiger partial charge in [0.05, 0.1) is 0 Å². The maximum atomic E-state index is 12.5. The van der Waals surface area contributed by atoms with Crippen LogP contribution in [0.15, 0.2) is 0 Å². The van der Waals surface area contributed by atoms with Gasteiger partial charge in [0, 0.05) is 23.9 Å². The number of nitrogens with one attached hydrogen (secondary N) is 1. The molecule has 2 aliphatic heterocycles. The molecule has 1 aliphatic carbocycles. The molecule has 0 atom stereocenters. The number of hydroxylamine groups is 2. The van der Waals surface area contributed by atoms with E-state index in [1.807, 2.05) is 27.7 Å². The minimum atomic E-state index is -0.785. The second-order valence-electron chi connectivity index (χ2n) is 7.69.